The van der Waals surface area contributed by atoms with Crippen molar-refractivity contribution >= 4 is 39.0 Å². The van der Waals surface area contributed by atoms with Crippen LogP contribution in [0.5, 0.6) is 5.75 Å². The largest absolute Gasteiger partial charge is 0.486 e. The van der Waals surface area contributed by atoms with E-state index in [1.165, 1.54) is 6.07 Å². The number of nitro benzene ring substituents is 1. The Balaban J connectivity index is 2.24. The molecule has 0 saturated carbocycles. The number of nitro groups is 1. The molecule has 2 rings (SSSR count). The number of carbonyl (C=O) groups is 2. The Labute approximate surface area is 165 Å². The van der Waals surface area contributed by atoms with Crippen LogP contribution in [0.2, 0.25) is 0 Å². The van der Waals surface area contributed by atoms with Gasteiger partial charge in [-0.05, 0) is 11.6 Å². The van der Waals surface area contributed by atoms with E-state index >= 15 is 0 Å². The van der Waals surface area contributed by atoms with Crippen molar-refractivity contribution in [2.75, 3.05) is 5.32 Å². The molecule has 2 aromatic rings. The van der Waals surface area contributed by atoms with Gasteiger partial charge in [-0.3, -0.25) is 19.7 Å². The Morgan fingerprint density at radius 3 is 2.52 bits per heavy atom. The van der Waals surface area contributed by atoms with Crippen LogP contribution >= 0.6 is 15.9 Å². The van der Waals surface area contributed by atoms with Crippen molar-refractivity contribution in [1.29, 1.82) is 0 Å². The molecular formula is C19H19BrN2O5. The number of ketones is 1. The summed E-state index contributed by atoms with van der Waals surface area (Å²) in [5.41, 5.74) is 0.571. The van der Waals surface area contributed by atoms with Crippen LogP contribution in [0.3, 0.4) is 0 Å². The van der Waals surface area contributed by atoms with Crippen molar-refractivity contribution in [2.24, 2.45) is 0 Å². The molecular weight excluding hydrogens is 416 g/mol. The third-order valence-electron chi connectivity index (χ3n) is 3.77. The maximum atomic E-state index is 12.2. The van der Waals surface area contributed by atoms with Crippen LogP contribution in [0.25, 0.3) is 0 Å². The van der Waals surface area contributed by atoms with E-state index in [4.69, 9.17) is 4.74 Å². The summed E-state index contributed by atoms with van der Waals surface area (Å²) in [6.45, 7) is 1.90. The van der Waals surface area contributed by atoms with Gasteiger partial charge in [-0.2, -0.15) is 0 Å². The fraction of sp³-hybridized carbons (Fsp3) is 0.263. The van der Waals surface area contributed by atoms with Crippen LogP contribution in [0.1, 0.15) is 31.7 Å². The summed E-state index contributed by atoms with van der Waals surface area (Å²) in [6.07, 6.45) is 0.391. The standard InChI is InChI=1S/C19H19BrN2O5/c1-2-15(23)8-9-18(24)21-19-16(22(25)26)10-14(20)11-17(19)27-12-13-6-4-3-5-7-13/h3-7,10-11H,2,8-9,12H2,1H3,(H,21,24). The van der Waals surface area contributed by atoms with Gasteiger partial charge in [0.1, 0.15) is 12.4 Å². The molecule has 0 heterocycles. The van der Waals surface area contributed by atoms with E-state index in [9.17, 15) is 19.7 Å². The lowest BCUT2D eigenvalue weighted by Gasteiger charge is -2.13. The molecule has 142 valence electrons. The molecule has 0 fully saturated rings. The van der Waals surface area contributed by atoms with Crippen LogP contribution in [0.4, 0.5) is 11.4 Å². The van der Waals surface area contributed by atoms with Crippen molar-refractivity contribution < 1.29 is 19.2 Å². The fourth-order valence-electron chi connectivity index (χ4n) is 2.32. The number of hydrogen-bond acceptors (Lipinski definition) is 5. The van der Waals surface area contributed by atoms with Crippen molar-refractivity contribution in [3.8, 4) is 5.75 Å². The highest BCUT2D eigenvalue weighted by molar-refractivity contribution is 9.10. The molecule has 8 heteroatoms. The minimum absolute atomic E-state index is 0.0203. The van der Waals surface area contributed by atoms with Crippen molar-refractivity contribution in [3.63, 3.8) is 0 Å². The molecule has 2 aromatic carbocycles. The van der Waals surface area contributed by atoms with Crippen LogP contribution in [-0.2, 0) is 16.2 Å². The number of amides is 1. The second-order valence-electron chi connectivity index (χ2n) is 5.77. The van der Waals surface area contributed by atoms with Crippen LogP contribution < -0.4 is 10.1 Å². The molecule has 0 aliphatic carbocycles. The summed E-state index contributed by atoms with van der Waals surface area (Å²) in [7, 11) is 0. The molecule has 0 bridgehead atoms. The minimum atomic E-state index is -0.590. The Bertz CT molecular complexity index is 839. The summed E-state index contributed by atoms with van der Waals surface area (Å²) in [5.74, 6) is -0.349. The summed E-state index contributed by atoms with van der Waals surface area (Å²) in [6, 6.07) is 12.2. The molecule has 27 heavy (non-hydrogen) atoms. The molecule has 0 atom stereocenters. The number of nitrogens with one attached hydrogen (secondary N) is 1. The Morgan fingerprint density at radius 2 is 1.89 bits per heavy atom. The highest BCUT2D eigenvalue weighted by Crippen LogP contribution is 2.38. The first-order valence-corrected chi connectivity index (χ1v) is 9.16. The normalized spacial score (nSPS) is 10.3. The first-order valence-electron chi connectivity index (χ1n) is 8.37. The number of carbonyl (C=O) groups excluding carboxylic acids is 2. The molecule has 0 radical (unpaired) electrons. The van der Waals surface area contributed by atoms with E-state index in [2.05, 4.69) is 21.2 Å². The van der Waals surface area contributed by atoms with Gasteiger partial charge < -0.3 is 10.1 Å². The van der Waals surface area contributed by atoms with E-state index in [1.807, 2.05) is 30.3 Å². The summed E-state index contributed by atoms with van der Waals surface area (Å²) < 4.78 is 6.18. The van der Waals surface area contributed by atoms with Crippen LogP contribution in [0, 0.1) is 10.1 Å². The topological polar surface area (TPSA) is 98.5 Å². The molecule has 0 unspecified atom stereocenters. The maximum Gasteiger partial charge on any atom is 0.297 e. The average Bonchev–Trinajstić information content (AvgIpc) is 2.66. The fourth-order valence-corrected chi connectivity index (χ4v) is 2.74. The predicted molar refractivity (Wildman–Crippen MR) is 105 cm³/mol. The molecule has 0 spiro atoms. The Kier molecular flexibility index (Phi) is 7.48. The van der Waals surface area contributed by atoms with Crippen molar-refractivity contribution in [3.05, 3.63) is 62.6 Å². The lowest BCUT2D eigenvalue weighted by atomic mass is 10.1. The highest BCUT2D eigenvalue weighted by Gasteiger charge is 2.23. The first kappa shape index (κ1) is 20.6. The van der Waals surface area contributed by atoms with Gasteiger partial charge in [0.25, 0.3) is 5.69 Å². The van der Waals surface area contributed by atoms with E-state index in [-0.39, 0.29) is 42.4 Å². The monoisotopic (exact) mass is 434 g/mol. The third-order valence-corrected chi connectivity index (χ3v) is 4.23. The Hall–Kier alpha value is -2.74. The van der Waals surface area contributed by atoms with E-state index in [1.54, 1.807) is 13.0 Å². The molecule has 7 nitrogen and oxygen atoms in total. The number of benzene rings is 2. The van der Waals surface area contributed by atoms with Crippen molar-refractivity contribution in [1.82, 2.24) is 0 Å². The number of hydrogen-bond donors (Lipinski definition) is 1. The molecule has 0 aromatic heterocycles. The smallest absolute Gasteiger partial charge is 0.297 e. The number of rotatable bonds is 9. The number of ether oxygens (including phenoxy) is 1. The lowest BCUT2D eigenvalue weighted by molar-refractivity contribution is -0.384. The third kappa shape index (κ3) is 6.18. The second kappa shape index (κ2) is 9.82. The number of anilines is 1. The van der Waals surface area contributed by atoms with Gasteiger partial charge in [0, 0.05) is 29.8 Å². The van der Waals surface area contributed by atoms with Crippen molar-refractivity contribution in [2.45, 2.75) is 32.8 Å². The summed E-state index contributed by atoms with van der Waals surface area (Å²) in [4.78, 5) is 34.4. The van der Waals surface area contributed by atoms with Crippen LogP contribution in [0.15, 0.2) is 46.9 Å². The highest BCUT2D eigenvalue weighted by atomic mass is 79.9. The van der Waals surface area contributed by atoms with E-state index in [0.29, 0.717) is 10.9 Å². The van der Waals surface area contributed by atoms with E-state index in [0.717, 1.165) is 5.56 Å². The van der Waals surface area contributed by atoms with E-state index < -0.39 is 10.8 Å². The van der Waals surface area contributed by atoms with Gasteiger partial charge in [0.15, 0.2) is 11.4 Å². The summed E-state index contributed by atoms with van der Waals surface area (Å²) in [5, 5.41) is 13.9. The van der Waals surface area contributed by atoms with Gasteiger partial charge in [-0.15, -0.1) is 0 Å². The number of nitrogens with zero attached hydrogens (tertiary/aromatic N) is 1. The van der Waals surface area contributed by atoms with Gasteiger partial charge in [-0.25, -0.2) is 0 Å². The first-order chi connectivity index (χ1) is 12.9. The summed E-state index contributed by atoms with van der Waals surface area (Å²) >= 11 is 3.23. The van der Waals surface area contributed by atoms with Gasteiger partial charge in [0.2, 0.25) is 5.91 Å². The van der Waals surface area contributed by atoms with Crippen LogP contribution in [-0.4, -0.2) is 16.6 Å². The SMILES string of the molecule is CCC(=O)CCC(=O)Nc1c(OCc2ccccc2)cc(Br)cc1[N+](=O)[O-]. The molecule has 1 N–H and O–H groups in total. The minimum Gasteiger partial charge on any atom is -0.486 e. The predicted octanol–water partition coefficient (Wildman–Crippen LogP) is 4.63. The second-order valence-corrected chi connectivity index (χ2v) is 6.69. The number of Topliss-reactive ketones (excluding diaryl/α,β-unsaturated/α-hetero) is 1. The molecule has 1 amide bonds. The maximum absolute atomic E-state index is 12.2. The average molecular weight is 435 g/mol. The molecule has 0 aliphatic heterocycles. The zero-order valence-corrected chi connectivity index (χ0v) is 16.3. The Morgan fingerprint density at radius 1 is 1.19 bits per heavy atom. The number of halogens is 1. The quantitative estimate of drug-likeness (QED) is 0.457. The van der Waals surface area contributed by atoms with Gasteiger partial charge >= 0.3 is 0 Å². The lowest BCUT2D eigenvalue weighted by Crippen LogP contribution is -2.15. The van der Waals surface area contributed by atoms with Gasteiger partial charge in [-0.1, -0.05) is 53.2 Å². The zero-order valence-electron chi connectivity index (χ0n) is 14.7. The zero-order chi connectivity index (χ0) is 19.8. The molecule has 0 saturated heterocycles. The van der Waals surface area contributed by atoms with Gasteiger partial charge in [0.05, 0.1) is 4.92 Å². The molecule has 0 aliphatic rings.